The molecular weight excluding hydrogens is 449 g/mol. The first-order valence-corrected chi connectivity index (χ1v) is 11.3. The zero-order chi connectivity index (χ0) is 23.5. The number of carbonyl (C=O) groups is 1. The second kappa shape index (κ2) is 9.35. The Balaban J connectivity index is 1.76. The van der Waals surface area contributed by atoms with Crippen LogP contribution in [0.3, 0.4) is 0 Å². The maximum absolute atomic E-state index is 12.9. The van der Waals surface area contributed by atoms with Crippen LogP contribution in [0, 0.1) is 5.92 Å². The zero-order valence-electron chi connectivity index (χ0n) is 17.2. The molecule has 1 fully saturated rings. The van der Waals surface area contributed by atoms with Gasteiger partial charge in [0.05, 0.1) is 18.1 Å². The van der Waals surface area contributed by atoms with Gasteiger partial charge in [-0.15, -0.1) is 0 Å². The Morgan fingerprint density at radius 3 is 2.41 bits per heavy atom. The van der Waals surface area contributed by atoms with Crippen molar-refractivity contribution in [2.45, 2.75) is 31.4 Å². The molecule has 1 heterocycles. The Morgan fingerprint density at radius 2 is 1.78 bits per heavy atom. The summed E-state index contributed by atoms with van der Waals surface area (Å²) < 4.78 is 72.4. The minimum Gasteiger partial charge on any atom is -0.494 e. The number of anilines is 2. The number of hydrogen-bond acceptors (Lipinski definition) is 6. The highest BCUT2D eigenvalue weighted by molar-refractivity contribution is 7.93. The fraction of sp³-hybridized carbons (Fsp3) is 0.350. The molecule has 4 N–H and O–H groups in total. The lowest BCUT2D eigenvalue weighted by Gasteiger charge is -2.21. The molecular formula is C20H23F3N4O4S. The standard InChI is InChI=1S/C20H23F3N4O4S/c1-3-31-16-9-7-14(8-10-16)27-32(29,30)19-17(12(2)25-26-19)18(28)24-15-6-4-5-13(11-15)20(21,22)23/h4-12,17,19,25-27H,3H2,1-2H3,(H,24,28). The molecule has 1 aliphatic heterocycles. The van der Waals surface area contributed by atoms with E-state index >= 15 is 0 Å². The first-order valence-electron chi connectivity index (χ1n) is 9.75. The Morgan fingerprint density at radius 1 is 1.09 bits per heavy atom. The predicted octanol–water partition coefficient (Wildman–Crippen LogP) is 2.92. The minimum atomic E-state index is -4.57. The van der Waals surface area contributed by atoms with E-state index < -0.39 is 45.0 Å². The molecule has 3 rings (SSSR count). The Kier molecular flexibility index (Phi) is 6.96. The summed E-state index contributed by atoms with van der Waals surface area (Å²) in [6.07, 6.45) is -4.57. The molecule has 8 nitrogen and oxygen atoms in total. The fourth-order valence-electron chi connectivity index (χ4n) is 3.30. The van der Waals surface area contributed by atoms with Crippen molar-refractivity contribution < 1.29 is 31.1 Å². The van der Waals surface area contributed by atoms with Gasteiger partial charge in [-0.2, -0.15) is 13.2 Å². The molecule has 3 atom stereocenters. The molecule has 0 radical (unpaired) electrons. The number of hydrazine groups is 1. The number of alkyl halides is 3. The third-order valence-electron chi connectivity index (χ3n) is 4.84. The van der Waals surface area contributed by atoms with Gasteiger partial charge in [-0.05, 0) is 56.3 Å². The largest absolute Gasteiger partial charge is 0.494 e. The molecule has 1 saturated heterocycles. The first kappa shape index (κ1) is 23.8. The summed E-state index contributed by atoms with van der Waals surface area (Å²) in [4.78, 5) is 12.8. The van der Waals surface area contributed by atoms with Crippen LogP contribution >= 0.6 is 0 Å². The highest BCUT2D eigenvalue weighted by Gasteiger charge is 2.46. The second-order valence-electron chi connectivity index (χ2n) is 7.20. The third-order valence-corrected chi connectivity index (χ3v) is 6.44. The molecule has 0 bridgehead atoms. The van der Waals surface area contributed by atoms with E-state index in [1.54, 1.807) is 19.1 Å². The van der Waals surface area contributed by atoms with Gasteiger partial charge in [-0.1, -0.05) is 6.07 Å². The number of rotatable bonds is 7. The summed E-state index contributed by atoms with van der Waals surface area (Å²) in [7, 11) is -4.09. The molecule has 174 valence electrons. The summed E-state index contributed by atoms with van der Waals surface area (Å²) >= 11 is 0. The van der Waals surface area contributed by atoms with Crippen LogP contribution in [-0.2, 0) is 21.0 Å². The average Bonchev–Trinajstić information content (AvgIpc) is 3.12. The molecule has 0 aliphatic carbocycles. The van der Waals surface area contributed by atoms with Crippen molar-refractivity contribution >= 4 is 27.3 Å². The number of amides is 1. The van der Waals surface area contributed by atoms with Crippen molar-refractivity contribution in [3.63, 3.8) is 0 Å². The van der Waals surface area contributed by atoms with Crippen LogP contribution < -0.4 is 25.6 Å². The zero-order valence-corrected chi connectivity index (χ0v) is 18.0. The number of nitrogens with one attached hydrogen (secondary N) is 4. The number of carbonyl (C=O) groups excluding carboxylic acids is 1. The van der Waals surface area contributed by atoms with Gasteiger partial charge in [0.25, 0.3) is 10.0 Å². The van der Waals surface area contributed by atoms with E-state index in [4.69, 9.17) is 4.74 Å². The lowest BCUT2D eigenvalue weighted by atomic mass is 10.0. The first-order chi connectivity index (χ1) is 15.0. The molecule has 0 saturated carbocycles. The van der Waals surface area contributed by atoms with Crippen LogP contribution in [0.1, 0.15) is 19.4 Å². The van der Waals surface area contributed by atoms with E-state index in [0.29, 0.717) is 12.4 Å². The van der Waals surface area contributed by atoms with Crippen LogP contribution in [0.15, 0.2) is 48.5 Å². The van der Waals surface area contributed by atoms with Crippen LogP contribution in [0.2, 0.25) is 0 Å². The lowest BCUT2D eigenvalue weighted by molar-refractivity contribution is -0.137. The van der Waals surface area contributed by atoms with E-state index in [0.717, 1.165) is 18.2 Å². The summed E-state index contributed by atoms with van der Waals surface area (Å²) in [5.74, 6) is -1.29. The monoisotopic (exact) mass is 472 g/mol. The molecule has 2 aromatic carbocycles. The van der Waals surface area contributed by atoms with Gasteiger partial charge < -0.3 is 10.1 Å². The van der Waals surface area contributed by atoms with Gasteiger partial charge >= 0.3 is 6.18 Å². The normalized spacial score (nSPS) is 21.2. The van der Waals surface area contributed by atoms with Crippen molar-refractivity contribution in [3.8, 4) is 5.75 Å². The Labute approximate surface area is 183 Å². The minimum absolute atomic E-state index is 0.0838. The van der Waals surface area contributed by atoms with Crippen molar-refractivity contribution in [1.82, 2.24) is 10.9 Å². The summed E-state index contributed by atoms with van der Waals surface area (Å²) in [6.45, 7) is 3.88. The Hall–Kier alpha value is -2.83. The van der Waals surface area contributed by atoms with Crippen molar-refractivity contribution in [3.05, 3.63) is 54.1 Å². The van der Waals surface area contributed by atoms with E-state index in [9.17, 15) is 26.4 Å². The number of halogens is 3. The SMILES string of the molecule is CCOc1ccc(NS(=O)(=O)C2NNC(C)C2C(=O)Nc2cccc(C(F)(F)F)c2)cc1. The van der Waals surface area contributed by atoms with Crippen LogP contribution in [0.25, 0.3) is 0 Å². The van der Waals surface area contributed by atoms with Gasteiger partial charge in [-0.25, -0.2) is 13.8 Å². The van der Waals surface area contributed by atoms with Crippen LogP contribution in [0.5, 0.6) is 5.75 Å². The molecule has 1 amide bonds. The van der Waals surface area contributed by atoms with E-state index in [2.05, 4.69) is 20.9 Å². The van der Waals surface area contributed by atoms with Crippen LogP contribution in [-0.4, -0.2) is 32.3 Å². The van der Waals surface area contributed by atoms with Crippen molar-refractivity contribution in [2.75, 3.05) is 16.6 Å². The van der Waals surface area contributed by atoms with Crippen molar-refractivity contribution in [2.24, 2.45) is 5.92 Å². The van der Waals surface area contributed by atoms with E-state index in [1.807, 2.05) is 6.92 Å². The number of ether oxygens (including phenoxy) is 1. The summed E-state index contributed by atoms with van der Waals surface area (Å²) in [6, 6.07) is 9.76. The quantitative estimate of drug-likeness (QED) is 0.494. The van der Waals surface area contributed by atoms with Gasteiger partial charge in [0.1, 0.15) is 5.75 Å². The maximum atomic E-state index is 12.9. The highest BCUT2D eigenvalue weighted by atomic mass is 32.2. The molecule has 3 unspecified atom stereocenters. The van der Waals surface area contributed by atoms with Gasteiger partial charge in [0, 0.05) is 17.4 Å². The fourth-order valence-corrected chi connectivity index (χ4v) is 4.86. The number of benzene rings is 2. The van der Waals surface area contributed by atoms with Gasteiger partial charge in [0.2, 0.25) is 5.91 Å². The van der Waals surface area contributed by atoms with Crippen molar-refractivity contribution in [1.29, 1.82) is 0 Å². The summed E-state index contributed by atoms with van der Waals surface area (Å²) in [5.41, 5.74) is 4.56. The smallest absolute Gasteiger partial charge is 0.416 e. The highest BCUT2D eigenvalue weighted by Crippen LogP contribution is 2.31. The molecule has 32 heavy (non-hydrogen) atoms. The Bertz CT molecular complexity index is 1060. The average molecular weight is 472 g/mol. The molecule has 0 spiro atoms. The number of hydrogen-bond donors (Lipinski definition) is 4. The topological polar surface area (TPSA) is 109 Å². The number of sulfonamides is 1. The molecule has 1 aliphatic rings. The predicted molar refractivity (Wildman–Crippen MR) is 113 cm³/mol. The van der Waals surface area contributed by atoms with E-state index in [1.165, 1.54) is 18.2 Å². The lowest BCUT2D eigenvalue weighted by Crippen LogP contribution is -2.45. The van der Waals surface area contributed by atoms with E-state index in [-0.39, 0.29) is 11.4 Å². The van der Waals surface area contributed by atoms with Gasteiger partial charge in [-0.3, -0.25) is 14.9 Å². The van der Waals surface area contributed by atoms with Crippen LogP contribution in [0.4, 0.5) is 24.5 Å². The molecule has 12 heteroatoms. The third kappa shape index (κ3) is 5.50. The van der Waals surface area contributed by atoms with Gasteiger partial charge in [0.15, 0.2) is 5.37 Å². The molecule has 2 aromatic rings. The maximum Gasteiger partial charge on any atom is 0.416 e. The summed E-state index contributed by atoms with van der Waals surface area (Å²) in [5, 5.41) is 1.02. The second-order valence-corrected chi connectivity index (χ2v) is 9.00. The molecule has 0 aromatic heterocycles.